The van der Waals surface area contributed by atoms with Crippen LogP contribution in [0.5, 0.6) is 0 Å². The topological polar surface area (TPSA) is 85.2 Å². The second-order valence-electron chi connectivity index (χ2n) is 6.74. The first kappa shape index (κ1) is 21.5. The summed E-state index contributed by atoms with van der Waals surface area (Å²) in [6, 6.07) is 5.69. The highest BCUT2D eigenvalue weighted by atomic mass is 32.2. The van der Waals surface area contributed by atoms with Crippen LogP contribution in [0.4, 0.5) is 4.39 Å². The molecule has 0 radical (unpaired) electrons. The fraction of sp³-hybridized carbons (Fsp3) is 0.421. The molecule has 1 aromatic carbocycles. The smallest absolute Gasteiger partial charge is 0.233 e. The first-order chi connectivity index (χ1) is 13.8. The van der Waals surface area contributed by atoms with Crippen LogP contribution < -0.4 is 0 Å². The molecule has 1 aliphatic heterocycles. The molecule has 10 heteroatoms. The van der Waals surface area contributed by atoms with Gasteiger partial charge in [-0.25, -0.2) is 12.8 Å². The lowest BCUT2D eigenvalue weighted by Gasteiger charge is -2.26. The molecule has 0 unspecified atom stereocenters. The van der Waals surface area contributed by atoms with Gasteiger partial charge in [0.15, 0.2) is 20.8 Å². The van der Waals surface area contributed by atoms with Crippen molar-refractivity contribution in [3.05, 3.63) is 42.7 Å². The number of sulfone groups is 1. The quantitative estimate of drug-likeness (QED) is 0.465. The average Bonchev–Trinajstić information content (AvgIpc) is 3.25. The molecule has 1 amide bonds. The highest BCUT2D eigenvalue weighted by Gasteiger charge is 2.33. The third-order valence-electron chi connectivity index (χ3n) is 4.77. The molecular formula is C19H23FN4O3S2. The maximum Gasteiger partial charge on any atom is 0.233 e. The molecule has 1 aromatic heterocycles. The zero-order chi connectivity index (χ0) is 21.0. The van der Waals surface area contributed by atoms with Gasteiger partial charge in [0.1, 0.15) is 5.82 Å². The van der Waals surface area contributed by atoms with Crippen molar-refractivity contribution >= 4 is 27.5 Å². The van der Waals surface area contributed by atoms with Crippen molar-refractivity contribution in [3.63, 3.8) is 0 Å². The van der Waals surface area contributed by atoms with Gasteiger partial charge in [-0.15, -0.1) is 16.8 Å². The number of allylic oxidation sites excluding steroid dienone is 1. The fourth-order valence-corrected chi connectivity index (χ4v) is 5.93. The summed E-state index contributed by atoms with van der Waals surface area (Å²) in [7, 11) is -3.06. The monoisotopic (exact) mass is 438 g/mol. The number of amides is 1. The number of carbonyl (C=O) groups is 1. The van der Waals surface area contributed by atoms with Crippen molar-refractivity contribution in [2.24, 2.45) is 0 Å². The molecule has 0 aliphatic carbocycles. The van der Waals surface area contributed by atoms with Crippen LogP contribution >= 0.6 is 11.8 Å². The number of halogens is 1. The van der Waals surface area contributed by atoms with E-state index >= 15 is 0 Å². The normalized spacial score (nSPS) is 17.9. The standard InChI is InChI=1S/C19H23FN4O3S2/c1-3-10-24-18(14-5-7-15(20)8-6-14)21-22-19(24)28-12-17(25)23(4-2)16-9-11-29(26,27)13-16/h3,5-8,16H,1,4,9-13H2,2H3/t16-/m1/s1. The first-order valence-electron chi connectivity index (χ1n) is 9.27. The Morgan fingerprint density at radius 1 is 1.38 bits per heavy atom. The molecule has 156 valence electrons. The molecule has 0 spiro atoms. The van der Waals surface area contributed by atoms with Gasteiger partial charge >= 0.3 is 0 Å². The molecule has 0 N–H and O–H groups in total. The molecule has 0 saturated carbocycles. The molecule has 1 fully saturated rings. The first-order valence-corrected chi connectivity index (χ1v) is 12.1. The summed E-state index contributed by atoms with van der Waals surface area (Å²) in [4.78, 5) is 14.4. The van der Waals surface area contributed by atoms with Crippen molar-refractivity contribution in [2.45, 2.75) is 31.1 Å². The van der Waals surface area contributed by atoms with E-state index < -0.39 is 9.84 Å². The third-order valence-corrected chi connectivity index (χ3v) is 7.47. The number of benzene rings is 1. The number of carbonyl (C=O) groups excluding carboxylic acids is 1. The summed E-state index contributed by atoms with van der Waals surface area (Å²) in [5.74, 6) is 0.382. The Hall–Kier alpha value is -2.20. The largest absolute Gasteiger partial charge is 0.338 e. The Morgan fingerprint density at radius 2 is 2.10 bits per heavy atom. The molecule has 0 bridgehead atoms. The predicted octanol–water partition coefficient (Wildman–Crippen LogP) is 2.40. The minimum absolute atomic E-state index is 0.0264. The third kappa shape index (κ3) is 5.05. The van der Waals surface area contributed by atoms with Crippen LogP contribution in [0.15, 0.2) is 42.1 Å². The van der Waals surface area contributed by atoms with E-state index in [1.165, 1.54) is 23.9 Å². The van der Waals surface area contributed by atoms with Crippen LogP contribution in [0.2, 0.25) is 0 Å². The fourth-order valence-electron chi connectivity index (χ4n) is 3.37. The summed E-state index contributed by atoms with van der Waals surface area (Å²) in [5.41, 5.74) is 0.713. The summed E-state index contributed by atoms with van der Waals surface area (Å²) in [6.45, 7) is 6.50. The summed E-state index contributed by atoms with van der Waals surface area (Å²) < 4.78 is 38.5. The van der Waals surface area contributed by atoms with Gasteiger partial charge in [-0.05, 0) is 37.6 Å². The number of hydrogen-bond acceptors (Lipinski definition) is 6. The number of nitrogens with zero attached hydrogens (tertiary/aromatic N) is 4. The van der Waals surface area contributed by atoms with Gasteiger partial charge < -0.3 is 4.90 Å². The number of aromatic nitrogens is 3. The van der Waals surface area contributed by atoms with Crippen LogP contribution in [0.25, 0.3) is 11.4 Å². The highest BCUT2D eigenvalue weighted by molar-refractivity contribution is 7.99. The van der Waals surface area contributed by atoms with Crippen molar-refractivity contribution in [1.82, 2.24) is 19.7 Å². The maximum atomic E-state index is 13.2. The summed E-state index contributed by atoms with van der Waals surface area (Å²) in [5, 5.41) is 8.92. The van der Waals surface area contributed by atoms with E-state index in [-0.39, 0.29) is 35.0 Å². The minimum Gasteiger partial charge on any atom is -0.338 e. The number of rotatable bonds is 8. The number of hydrogen-bond donors (Lipinski definition) is 0. The zero-order valence-electron chi connectivity index (χ0n) is 16.1. The Balaban J connectivity index is 1.73. The second-order valence-corrected chi connectivity index (χ2v) is 9.91. The molecule has 3 rings (SSSR count). The Labute approximate surface area is 173 Å². The average molecular weight is 439 g/mol. The van der Waals surface area contributed by atoms with Gasteiger partial charge in [0, 0.05) is 24.7 Å². The van der Waals surface area contributed by atoms with Crippen molar-refractivity contribution in [2.75, 3.05) is 23.8 Å². The van der Waals surface area contributed by atoms with Gasteiger partial charge in [0.25, 0.3) is 0 Å². The van der Waals surface area contributed by atoms with Crippen molar-refractivity contribution in [1.29, 1.82) is 0 Å². The molecule has 29 heavy (non-hydrogen) atoms. The predicted molar refractivity (Wildman–Crippen MR) is 111 cm³/mol. The summed E-state index contributed by atoms with van der Waals surface area (Å²) >= 11 is 1.24. The van der Waals surface area contributed by atoms with E-state index in [2.05, 4.69) is 16.8 Å². The lowest BCUT2D eigenvalue weighted by atomic mass is 10.2. The van der Waals surface area contributed by atoms with E-state index in [1.54, 1.807) is 23.1 Å². The molecule has 1 aliphatic rings. The highest BCUT2D eigenvalue weighted by Crippen LogP contribution is 2.25. The van der Waals surface area contributed by atoms with Crippen LogP contribution in [0.1, 0.15) is 13.3 Å². The maximum absolute atomic E-state index is 13.2. The van der Waals surface area contributed by atoms with Gasteiger partial charge in [0.2, 0.25) is 5.91 Å². The Bertz CT molecular complexity index is 989. The van der Waals surface area contributed by atoms with Crippen molar-refractivity contribution < 1.29 is 17.6 Å². The zero-order valence-corrected chi connectivity index (χ0v) is 17.8. The van der Waals surface area contributed by atoms with Gasteiger partial charge in [-0.2, -0.15) is 0 Å². The SMILES string of the molecule is C=CCn1c(SCC(=O)N(CC)[C@@H]2CCS(=O)(=O)C2)nnc1-c1ccc(F)cc1. The second kappa shape index (κ2) is 9.08. The van der Waals surface area contributed by atoms with Crippen LogP contribution in [-0.2, 0) is 21.2 Å². The van der Waals surface area contributed by atoms with E-state index in [9.17, 15) is 17.6 Å². The molecular weight excluding hydrogens is 415 g/mol. The molecule has 1 atom stereocenters. The minimum atomic E-state index is -3.06. The van der Waals surface area contributed by atoms with Gasteiger partial charge in [-0.1, -0.05) is 17.8 Å². The summed E-state index contributed by atoms with van der Waals surface area (Å²) in [6.07, 6.45) is 2.18. The van der Waals surface area contributed by atoms with E-state index in [4.69, 9.17) is 0 Å². The Kier molecular flexibility index (Phi) is 6.74. The lowest BCUT2D eigenvalue weighted by molar-refractivity contribution is -0.129. The van der Waals surface area contributed by atoms with Crippen LogP contribution in [0, 0.1) is 5.82 Å². The molecule has 7 nitrogen and oxygen atoms in total. The van der Waals surface area contributed by atoms with E-state index in [1.807, 2.05) is 11.5 Å². The van der Waals surface area contributed by atoms with Crippen LogP contribution in [0.3, 0.4) is 0 Å². The van der Waals surface area contributed by atoms with E-state index in [0.29, 0.717) is 36.1 Å². The lowest BCUT2D eigenvalue weighted by Crippen LogP contribution is -2.42. The molecule has 1 saturated heterocycles. The molecule has 2 aromatic rings. The van der Waals surface area contributed by atoms with Gasteiger partial charge in [0.05, 0.1) is 17.3 Å². The van der Waals surface area contributed by atoms with E-state index in [0.717, 1.165) is 0 Å². The Morgan fingerprint density at radius 3 is 2.69 bits per heavy atom. The van der Waals surface area contributed by atoms with Crippen molar-refractivity contribution in [3.8, 4) is 11.4 Å². The molecule has 2 heterocycles. The van der Waals surface area contributed by atoms with Gasteiger partial charge in [-0.3, -0.25) is 9.36 Å². The van der Waals surface area contributed by atoms with Crippen LogP contribution in [-0.4, -0.2) is 63.8 Å². The number of thioether (sulfide) groups is 1.